The van der Waals surface area contributed by atoms with Crippen molar-refractivity contribution in [1.82, 2.24) is 0 Å². The highest BCUT2D eigenvalue weighted by molar-refractivity contribution is 5.70. The van der Waals surface area contributed by atoms with Crippen molar-refractivity contribution in [3.8, 4) is 0 Å². The van der Waals surface area contributed by atoms with E-state index in [1.54, 1.807) is 0 Å². The van der Waals surface area contributed by atoms with Crippen LogP contribution >= 0.6 is 0 Å². The lowest BCUT2D eigenvalue weighted by Crippen LogP contribution is -2.61. The number of ether oxygens (including phenoxy) is 6. The minimum absolute atomic E-state index is 0.174. The molecule has 0 aliphatic carbocycles. The number of rotatable bonds is 44. The van der Waals surface area contributed by atoms with Crippen LogP contribution in [0.1, 0.15) is 232 Å². The number of unbranched alkanes of at least 4 members (excludes halogenated alkanes) is 30. The average Bonchev–Trinajstić information content (AvgIpc) is 3.33. The molecule has 2 heterocycles. The molecule has 2 fully saturated rings. The van der Waals surface area contributed by atoms with Gasteiger partial charge in [-0.25, -0.2) is 0 Å². The van der Waals surface area contributed by atoms with Crippen molar-refractivity contribution in [1.29, 1.82) is 0 Å². The Hall–Kier alpha value is -1.50. The van der Waals surface area contributed by atoms with Crippen LogP contribution < -0.4 is 0 Å². The summed E-state index contributed by atoms with van der Waals surface area (Å²) in [5, 5.41) is 72.1. The molecular formula is C53H100O15. The first-order valence-corrected chi connectivity index (χ1v) is 27.6. The first-order valence-electron chi connectivity index (χ1n) is 27.6. The van der Waals surface area contributed by atoms with Gasteiger partial charge in [-0.05, 0) is 12.8 Å². The number of esters is 2. The van der Waals surface area contributed by atoms with Crippen molar-refractivity contribution in [2.24, 2.45) is 0 Å². The fourth-order valence-corrected chi connectivity index (χ4v) is 9.04. The summed E-state index contributed by atoms with van der Waals surface area (Å²) in [5.74, 6) is -0.907. The molecule has 11 atom stereocenters. The molecule has 15 heteroatoms. The van der Waals surface area contributed by atoms with E-state index in [1.807, 2.05) is 0 Å². The molecule has 15 nitrogen and oxygen atoms in total. The molecule has 7 N–H and O–H groups in total. The van der Waals surface area contributed by atoms with E-state index in [0.717, 1.165) is 38.5 Å². The predicted octanol–water partition coefficient (Wildman–Crippen LogP) is 8.39. The zero-order chi connectivity index (χ0) is 49.6. The number of carbonyl (C=O) groups excluding carboxylic acids is 2. The van der Waals surface area contributed by atoms with E-state index < -0.39 is 92.7 Å². The molecule has 0 aromatic carbocycles. The third kappa shape index (κ3) is 28.5. The van der Waals surface area contributed by atoms with E-state index in [0.29, 0.717) is 12.8 Å². The van der Waals surface area contributed by atoms with Gasteiger partial charge in [0.05, 0.1) is 19.8 Å². The Labute approximate surface area is 410 Å². The summed E-state index contributed by atoms with van der Waals surface area (Å²) in [5.41, 5.74) is 0. The second-order valence-electron chi connectivity index (χ2n) is 19.8. The van der Waals surface area contributed by atoms with Crippen LogP contribution in [0.5, 0.6) is 0 Å². The standard InChI is InChI=1S/C53H100O15/c1-3-5-7-9-11-13-15-17-19-20-21-22-24-26-28-30-32-34-36-45(56)66-41(38-63-44(55)35-33-31-29-27-25-23-18-16-14-12-10-8-6-4-2)39-64-52-51(62)49(60)47(58)43(68-52)40-65-53-50(61)48(59)46(57)42(37-54)67-53/h41-43,46-54,57-62H,3-40H2,1-2H3/t41-,42+,43+,46-,47-,48?,49?,50?,51?,52+,53+/m1/s1. The minimum atomic E-state index is -1.76. The molecule has 402 valence electrons. The predicted molar refractivity (Wildman–Crippen MR) is 262 cm³/mol. The van der Waals surface area contributed by atoms with Crippen molar-refractivity contribution >= 4 is 11.9 Å². The van der Waals surface area contributed by atoms with Gasteiger partial charge in [-0.1, -0.05) is 206 Å². The van der Waals surface area contributed by atoms with Gasteiger partial charge in [0.2, 0.25) is 0 Å². The summed E-state index contributed by atoms with van der Waals surface area (Å²) in [4.78, 5) is 25.8. The summed E-state index contributed by atoms with van der Waals surface area (Å²) >= 11 is 0. The van der Waals surface area contributed by atoms with E-state index in [1.165, 1.54) is 154 Å². The number of hydrogen-bond donors (Lipinski definition) is 7. The summed E-state index contributed by atoms with van der Waals surface area (Å²) in [7, 11) is 0. The van der Waals surface area contributed by atoms with Gasteiger partial charge in [0.1, 0.15) is 55.4 Å². The van der Waals surface area contributed by atoms with Crippen molar-refractivity contribution in [3.63, 3.8) is 0 Å². The fourth-order valence-electron chi connectivity index (χ4n) is 9.04. The monoisotopic (exact) mass is 977 g/mol. The van der Waals surface area contributed by atoms with E-state index in [-0.39, 0.29) is 26.1 Å². The average molecular weight is 977 g/mol. The summed E-state index contributed by atoms with van der Waals surface area (Å²) in [6.45, 7) is 2.64. The van der Waals surface area contributed by atoms with Crippen LogP contribution in [-0.4, -0.2) is 142 Å². The third-order valence-corrected chi connectivity index (χ3v) is 13.6. The molecule has 2 aliphatic heterocycles. The van der Waals surface area contributed by atoms with Crippen LogP contribution in [0.4, 0.5) is 0 Å². The van der Waals surface area contributed by atoms with Crippen molar-refractivity contribution < 1.29 is 73.8 Å². The Morgan fingerprint density at radius 2 is 0.750 bits per heavy atom. The first-order chi connectivity index (χ1) is 33.0. The minimum Gasteiger partial charge on any atom is -0.462 e. The number of carbonyl (C=O) groups is 2. The quantitative estimate of drug-likeness (QED) is 0.0225. The topological polar surface area (TPSA) is 231 Å². The molecule has 0 spiro atoms. The van der Waals surface area contributed by atoms with Crippen molar-refractivity contribution in [2.45, 2.75) is 300 Å². The lowest BCUT2D eigenvalue weighted by Gasteiger charge is -2.42. The van der Waals surface area contributed by atoms with Crippen LogP contribution in [0.15, 0.2) is 0 Å². The van der Waals surface area contributed by atoms with Gasteiger partial charge in [0.15, 0.2) is 18.7 Å². The normalized spacial score (nSPS) is 25.7. The highest BCUT2D eigenvalue weighted by Crippen LogP contribution is 2.27. The summed E-state index contributed by atoms with van der Waals surface area (Å²) < 4.78 is 33.7. The van der Waals surface area contributed by atoms with Gasteiger partial charge in [-0.3, -0.25) is 9.59 Å². The molecule has 4 unspecified atom stereocenters. The highest BCUT2D eigenvalue weighted by Gasteiger charge is 2.47. The SMILES string of the molecule is CCCCCCCCCCCCCCCCCCCCC(=O)O[C@H](COC(=O)CCCCCCCCCCCCCCCC)CO[C@H]1O[C@@H](CO[C@H]2O[C@@H](CO)[C@@H](O)C(O)C2O)[C@@H](O)C(O)C1O. The van der Waals surface area contributed by atoms with Crippen LogP contribution in [0.25, 0.3) is 0 Å². The summed E-state index contributed by atoms with van der Waals surface area (Å²) in [6.07, 6.45) is 22.7. The van der Waals surface area contributed by atoms with Crippen molar-refractivity contribution in [3.05, 3.63) is 0 Å². The molecule has 0 saturated carbocycles. The lowest BCUT2D eigenvalue weighted by atomic mass is 9.98. The number of hydrogen-bond acceptors (Lipinski definition) is 15. The van der Waals surface area contributed by atoms with Gasteiger partial charge in [-0.2, -0.15) is 0 Å². The first kappa shape index (κ1) is 62.6. The van der Waals surface area contributed by atoms with Gasteiger partial charge in [0, 0.05) is 12.8 Å². The molecule has 2 saturated heterocycles. The maximum Gasteiger partial charge on any atom is 0.306 e. The van der Waals surface area contributed by atoms with Crippen LogP contribution in [0.3, 0.4) is 0 Å². The van der Waals surface area contributed by atoms with E-state index in [2.05, 4.69) is 13.8 Å². The molecule has 68 heavy (non-hydrogen) atoms. The van der Waals surface area contributed by atoms with Gasteiger partial charge in [0.25, 0.3) is 0 Å². The summed E-state index contributed by atoms with van der Waals surface area (Å²) in [6, 6.07) is 0. The maximum atomic E-state index is 13.0. The molecule has 2 aliphatic rings. The molecular weight excluding hydrogens is 877 g/mol. The molecule has 0 radical (unpaired) electrons. The maximum absolute atomic E-state index is 13.0. The largest absolute Gasteiger partial charge is 0.462 e. The Morgan fingerprint density at radius 1 is 0.412 bits per heavy atom. The van der Waals surface area contributed by atoms with Crippen molar-refractivity contribution in [2.75, 3.05) is 26.4 Å². The Bertz CT molecular complexity index is 1190. The zero-order valence-corrected chi connectivity index (χ0v) is 42.6. The van der Waals surface area contributed by atoms with E-state index in [4.69, 9.17) is 28.4 Å². The van der Waals surface area contributed by atoms with E-state index >= 15 is 0 Å². The second kappa shape index (κ2) is 41.0. The van der Waals surface area contributed by atoms with Gasteiger partial charge >= 0.3 is 11.9 Å². The molecule has 0 aromatic heterocycles. The Balaban J connectivity index is 1.77. The van der Waals surface area contributed by atoms with Gasteiger partial charge in [-0.15, -0.1) is 0 Å². The van der Waals surface area contributed by atoms with Gasteiger partial charge < -0.3 is 64.2 Å². The zero-order valence-electron chi connectivity index (χ0n) is 42.6. The molecule has 0 aromatic rings. The smallest absolute Gasteiger partial charge is 0.306 e. The van der Waals surface area contributed by atoms with E-state index in [9.17, 15) is 45.3 Å². The third-order valence-electron chi connectivity index (χ3n) is 13.6. The molecule has 2 rings (SSSR count). The van der Waals surface area contributed by atoms with Crippen LogP contribution in [0, 0.1) is 0 Å². The number of aliphatic hydroxyl groups is 7. The Morgan fingerprint density at radius 3 is 1.15 bits per heavy atom. The fraction of sp³-hybridized carbons (Fsp3) is 0.962. The molecule has 0 amide bonds. The Kier molecular flexibility index (Phi) is 37.8. The number of aliphatic hydroxyl groups excluding tert-OH is 7. The highest BCUT2D eigenvalue weighted by atomic mass is 16.7. The lowest BCUT2D eigenvalue weighted by molar-refractivity contribution is -0.332. The molecule has 0 bridgehead atoms. The van der Waals surface area contributed by atoms with Crippen LogP contribution in [0.2, 0.25) is 0 Å². The second-order valence-corrected chi connectivity index (χ2v) is 19.8. The van der Waals surface area contributed by atoms with Crippen LogP contribution in [-0.2, 0) is 38.0 Å².